The fourth-order valence-electron chi connectivity index (χ4n) is 2.16. The zero-order valence-electron chi connectivity index (χ0n) is 9.95. The van der Waals surface area contributed by atoms with Crippen molar-refractivity contribution in [1.82, 2.24) is 9.78 Å². The molecule has 18 heavy (non-hydrogen) atoms. The van der Waals surface area contributed by atoms with Crippen LogP contribution >= 0.6 is 0 Å². The van der Waals surface area contributed by atoms with E-state index in [4.69, 9.17) is 5.11 Å². The summed E-state index contributed by atoms with van der Waals surface area (Å²) in [4.78, 5) is 10.5. The van der Waals surface area contributed by atoms with Crippen molar-refractivity contribution in [2.75, 3.05) is 11.5 Å². The zero-order chi connectivity index (χ0) is 13.2. The second kappa shape index (κ2) is 5.09. The first-order valence-corrected chi connectivity index (χ1v) is 7.74. The van der Waals surface area contributed by atoms with Crippen LogP contribution in [0.3, 0.4) is 0 Å². The van der Waals surface area contributed by atoms with Crippen LogP contribution in [0.1, 0.15) is 30.9 Å². The van der Waals surface area contributed by atoms with Crippen molar-refractivity contribution in [3.8, 4) is 0 Å². The van der Waals surface area contributed by atoms with Crippen molar-refractivity contribution in [2.24, 2.45) is 0 Å². The third-order valence-electron chi connectivity index (χ3n) is 3.10. The smallest absolute Gasteiger partial charge is 0.303 e. The molecule has 1 aromatic heterocycles. The average molecular weight is 272 g/mol. The molecule has 6 nitrogen and oxygen atoms in total. The number of aryl methyl sites for hydroxylation is 1. The highest BCUT2D eigenvalue weighted by molar-refractivity contribution is 7.91. The molecule has 0 spiro atoms. The van der Waals surface area contributed by atoms with Crippen LogP contribution in [0.15, 0.2) is 12.4 Å². The second-order valence-corrected chi connectivity index (χ2v) is 6.86. The predicted octanol–water partition coefficient (Wildman–Crippen LogP) is 0.650. The van der Waals surface area contributed by atoms with Gasteiger partial charge in [-0.25, -0.2) is 8.42 Å². The summed E-state index contributed by atoms with van der Waals surface area (Å²) >= 11 is 0. The Kier molecular flexibility index (Phi) is 3.70. The lowest BCUT2D eigenvalue weighted by molar-refractivity contribution is -0.136. The minimum atomic E-state index is -2.95. The zero-order valence-corrected chi connectivity index (χ0v) is 10.8. The molecule has 100 valence electrons. The van der Waals surface area contributed by atoms with Crippen LogP contribution < -0.4 is 0 Å². The summed E-state index contributed by atoms with van der Waals surface area (Å²) in [6, 6.07) is -0.109. The predicted molar refractivity (Wildman–Crippen MR) is 65.1 cm³/mol. The quantitative estimate of drug-likeness (QED) is 0.869. The van der Waals surface area contributed by atoms with E-state index in [2.05, 4.69) is 5.10 Å². The Morgan fingerprint density at radius 1 is 1.56 bits per heavy atom. The number of carboxylic acids is 1. The summed E-state index contributed by atoms with van der Waals surface area (Å²) in [5.74, 6) is -0.452. The molecule has 0 bridgehead atoms. The Morgan fingerprint density at radius 3 is 3.00 bits per heavy atom. The van der Waals surface area contributed by atoms with Crippen LogP contribution in [0.5, 0.6) is 0 Å². The maximum atomic E-state index is 11.5. The Morgan fingerprint density at radius 2 is 2.33 bits per heavy atom. The largest absolute Gasteiger partial charge is 0.481 e. The SMILES string of the molecule is O=C(O)CCc1cnn(C2CCCS(=O)(=O)C2)c1. The highest BCUT2D eigenvalue weighted by Gasteiger charge is 2.26. The molecule has 0 radical (unpaired) electrons. The van der Waals surface area contributed by atoms with Crippen LogP contribution in [0.2, 0.25) is 0 Å². The third-order valence-corrected chi connectivity index (χ3v) is 4.90. The fraction of sp³-hybridized carbons (Fsp3) is 0.636. The molecule has 1 unspecified atom stereocenters. The molecule has 0 aliphatic carbocycles. The van der Waals surface area contributed by atoms with Gasteiger partial charge in [0, 0.05) is 12.6 Å². The first-order valence-electron chi connectivity index (χ1n) is 5.91. The Balaban J connectivity index is 2.03. The molecule has 1 atom stereocenters. The van der Waals surface area contributed by atoms with Crippen LogP contribution in [-0.4, -0.2) is 40.8 Å². The summed E-state index contributed by atoms with van der Waals surface area (Å²) in [6.45, 7) is 0. The van der Waals surface area contributed by atoms with Gasteiger partial charge in [-0.05, 0) is 24.8 Å². The molecule has 2 heterocycles. The lowest BCUT2D eigenvalue weighted by Gasteiger charge is -2.22. The van der Waals surface area contributed by atoms with Gasteiger partial charge in [0.25, 0.3) is 0 Å². The van der Waals surface area contributed by atoms with E-state index >= 15 is 0 Å². The van der Waals surface area contributed by atoms with Crippen molar-refractivity contribution in [1.29, 1.82) is 0 Å². The highest BCUT2D eigenvalue weighted by Crippen LogP contribution is 2.22. The lowest BCUT2D eigenvalue weighted by Crippen LogP contribution is -2.27. The summed E-state index contributed by atoms with van der Waals surface area (Å²) in [6.07, 6.45) is 5.33. The van der Waals surface area contributed by atoms with Crippen molar-refractivity contribution < 1.29 is 18.3 Å². The molecular weight excluding hydrogens is 256 g/mol. The van der Waals surface area contributed by atoms with Gasteiger partial charge in [-0.15, -0.1) is 0 Å². The molecular formula is C11H16N2O4S. The van der Waals surface area contributed by atoms with Gasteiger partial charge >= 0.3 is 5.97 Å². The van der Waals surface area contributed by atoms with Crippen LogP contribution in [0.25, 0.3) is 0 Å². The number of aromatic nitrogens is 2. The molecule has 1 N–H and O–H groups in total. The summed E-state index contributed by atoms with van der Waals surface area (Å²) in [5, 5.41) is 12.7. The minimum absolute atomic E-state index is 0.0641. The number of rotatable bonds is 4. The van der Waals surface area contributed by atoms with Gasteiger partial charge in [0.15, 0.2) is 9.84 Å². The number of nitrogens with zero attached hydrogens (tertiary/aromatic N) is 2. The van der Waals surface area contributed by atoms with Crippen LogP contribution in [0.4, 0.5) is 0 Å². The molecule has 1 saturated heterocycles. The van der Waals surface area contributed by atoms with Crippen LogP contribution in [0, 0.1) is 0 Å². The van der Waals surface area contributed by atoms with Crippen molar-refractivity contribution >= 4 is 15.8 Å². The molecule has 1 aromatic rings. The van der Waals surface area contributed by atoms with Gasteiger partial charge in [0.05, 0.1) is 23.7 Å². The monoisotopic (exact) mass is 272 g/mol. The number of hydrogen-bond acceptors (Lipinski definition) is 4. The second-order valence-electron chi connectivity index (χ2n) is 4.63. The first-order chi connectivity index (χ1) is 8.46. The maximum absolute atomic E-state index is 11.5. The number of hydrogen-bond donors (Lipinski definition) is 1. The van der Waals surface area contributed by atoms with E-state index in [-0.39, 0.29) is 24.0 Å². The number of carbonyl (C=O) groups is 1. The molecule has 0 saturated carbocycles. The molecule has 0 amide bonds. The summed E-state index contributed by atoms with van der Waals surface area (Å²) in [7, 11) is -2.95. The summed E-state index contributed by atoms with van der Waals surface area (Å²) in [5.41, 5.74) is 0.834. The number of aliphatic carboxylic acids is 1. The maximum Gasteiger partial charge on any atom is 0.303 e. The molecule has 1 aliphatic rings. The molecule has 1 aliphatic heterocycles. The topological polar surface area (TPSA) is 89.3 Å². The standard InChI is InChI=1S/C11H16N2O4S/c14-11(15)4-3-9-6-12-13(7-9)10-2-1-5-18(16,17)8-10/h6-7,10H,1-5,8H2,(H,14,15). The van der Waals surface area contributed by atoms with E-state index in [0.717, 1.165) is 12.0 Å². The Labute approximate surface area is 106 Å². The van der Waals surface area contributed by atoms with Gasteiger partial charge in [-0.2, -0.15) is 5.10 Å². The fourth-order valence-corrected chi connectivity index (χ4v) is 3.84. The highest BCUT2D eigenvalue weighted by atomic mass is 32.2. The van der Waals surface area contributed by atoms with E-state index in [1.54, 1.807) is 17.1 Å². The van der Waals surface area contributed by atoms with E-state index in [1.807, 2.05) is 0 Å². The van der Waals surface area contributed by atoms with E-state index < -0.39 is 15.8 Å². The van der Waals surface area contributed by atoms with Crippen molar-refractivity contribution in [2.45, 2.75) is 31.7 Å². The molecule has 7 heteroatoms. The van der Waals surface area contributed by atoms with Gasteiger partial charge in [-0.3, -0.25) is 9.48 Å². The van der Waals surface area contributed by atoms with Crippen LogP contribution in [-0.2, 0) is 21.1 Å². The minimum Gasteiger partial charge on any atom is -0.481 e. The first kappa shape index (κ1) is 13.1. The van der Waals surface area contributed by atoms with E-state index in [0.29, 0.717) is 12.8 Å². The Bertz CT molecular complexity index is 535. The molecule has 2 rings (SSSR count). The average Bonchev–Trinajstić information content (AvgIpc) is 2.73. The lowest BCUT2D eigenvalue weighted by atomic mass is 10.2. The van der Waals surface area contributed by atoms with E-state index in [1.165, 1.54) is 0 Å². The number of carboxylic acid groups (broad SMARTS) is 1. The normalized spacial score (nSPS) is 22.8. The van der Waals surface area contributed by atoms with Crippen molar-refractivity contribution in [3.63, 3.8) is 0 Å². The van der Waals surface area contributed by atoms with Crippen molar-refractivity contribution in [3.05, 3.63) is 18.0 Å². The van der Waals surface area contributed by atoms with Gasteiger partial charge in [-0.1, -0.05) is 0 Å². The van der Waals surface area contributed by atoms with Gasteiger partial charge in [0.1, 0.15) is 0 Å². The van der Waals surface area contributed by atoms with Gasteiger partial charge < -0.3 is 5.11 Å². The summed E-state index contributed by atoms with van der Waals surface area (Å²) < 4.78 is 24.7. The number of sulfone groups is 1. The van der Waals surface area contributed by atoms with E-state index in [9.17, 15) is 13.2 Å². The Hall–Kier alpha value is -1.37. The third kappa shape index (κ3) is 3.32. The molecule has 1 fully saturated rings. The molecule has 0 aromatic carbocycles. The van der Waals surface area contributed by atoms with Gasteiger partial charge in [0.2, 0.25) is 0 Å².